The van der Waals surface area contributed by atoms with Gasteiger partial charge in [0.15, 0.2) is 0 Å². The summed E-state index contributed by atoms with van der Waals surface area (Å²) in [5.41, 5.74) is 7.68. The first-order chi connectivity index (χ1) is 8.95. The monoisotopic (exact) mass is 265 g/mol. The third-order valence-electron chi connectivity index (χ3n) is 2.86. The number of aliphatic hydroxyl groups is 1. The number of carbonyl (C=O) groups is 1. The summed E-state index contributed by atoms with van der Waals surface area (Å²) in [6.45, 7) is 2.45. The zero-order valence-electron chi connectivity index (χ0n) is 11.8. The second-order valence-electron chi connectivity index (χ2n) is 4.83. The molecule has 1 unspecified atom stereocenters. The molecule has 0 bridgehead atoms. The Kier molecular flexibility index (Phi) is 5.63. The summed E-state index contributed by atoms with van der Waals surface area (Å²) in [4.78, 5) is 13.4. The van der Waals surface area contributed by atoms with E-state index in [4.69, 9.17) is 5.73 Å². The van der Waals surface area contributed by atoms with E-state index in [9.17, 15) is 9.90 Å². The fourth-order valence-electron chi connectivity index (χ4n) is 1.76. The first-order valence-corrected chi connectivity index (χ1v) is 6.48. The molecule has 0 fully saturated rings. The SMILES string of the molecule is CCCC(O)CNc1cc(C(=O)N(C)C)ccc1N. The lowest BCUT2D eigenvalue weighted by Crippen LogP contribution is -2.23. The van der Waals surface area contributed by atoms with Crippen molar-refractivity contribution >= 4 is 17.3 Å². The second kappa shape index (κ2) is 6.99. The Morgan fingerprint density at radius 2 is 2.16 bits per heavy atom. The van der Waals surface area contributed by atoms with Gasteiger partial charge in [0.2, 0.25) is 0 Å². The average molecular weight is 265 g/mol. The van der Waals surface area contributed by atoms with Crippen LogP contribution < -0.4 is 11.1 Å². The lowest BCUT2D eigenvalue weighted by Gasteiger charge is -2.16. The summed E-state index contributed by atoms with van der Waals surface area (Å²) in [5.74, 6) is -0.0721. The van der Waals surface area contributed by atoms with E-state index in [0.29, 0.717) is 23.5 Å². The lowest BCUT2D eigenvalue weighted by molar-refractivity contribution is 0.0827. The van der Waals surface area contributed by atoms with Crippen molar-refractivity contribution in [2.75, 3.05) is 31.7 Å². The molecule has 0 aliphatic heterocycles. The van der Waals surface area contributed by atoms with Gasteiger partial charge in [0.05, 0.1) is 17.5 Å². The van der Waals surface area contributed by atoms with Crippen molar-refractivity contribution in [2.45, 2.75) is 25.9 Å². The lowest BCUT2D eigenvalue weighted by atomic mass is 10.1. The molecule has 0 aliphatic carbocycles. The number of benzene rings is 1. The summed E-state index contributed by atoms with van der Waals surface area (Å²) >= 11 is 0. The second-order valence-corrected chi connectivity index (χ2v) is 4.83. The van der Waals surface area contributed by atoms with Gasteiger partial charge in [-0.1, -0.05) is 13.3 Å². The number of nitrogens with two attached hydrogens (primary N) is 1. The molecule has 0 radical (unpaired) electrons. The van der Waals surface area contributed by atoms with Crippen LogP contribution in [0.5, 0.6) is 0 Å². The highest BCUT2D eigenvalue weighted by atomic mass is 16.3. The molecule has 0 spiro atoms. The molecule has 5 heteroatoms. The molecule has 19 heavy (non-hydrogen) atoms. The fraction of sp³-hybridized carbons (Fsp3) is 0.500. The van der Waals surface area contributed by atoms with Crippen LogP contribution in [0.15, 0.2) is 18.2 Å². The van der Waals surface area contributed by atoms with E-state index in [1.807, 2.05) is 6.92 Å². The zero-order valence-corrected chi connectivity index (χ0v) is 11.8. The number of hydrogen-bond acceptors (Lipinski definition) is 4. The molecule has 106 valence electrons. The van der Waals surface area contributed by atoms with Crippen molar-refractivity contribution in [2.24, 2.45) is 0 Å². The highest BCUT2D eigenvalue weighted by Crippen LogP contribution is 2.20. The van der Waals surface area contributed by atoms with Gasteiger partial charge in [0.1, 0.15) is 0 Å². The number of nitrogen functional groups attached to an aromatic ring is 1. The van der Waals surface area contributed by atoms with Gasteiger partial charge in [0.25, 0.3) is 5.91 Å². The average Bonchev–Trinajstić information content (AvgIpc) is 2.37. The van der Waals surface area contributed by atoms with Crippen LogP contribution in [0.1, 0.15) is 30.1 Å². The van der Waals surface area contributed by atoms with Crippen molar-refractivity contribution in [1.82, 2.24) is 4.90 Å². The molecule has 5 nitrogen and oxygen atoms in total. The zero-order chi connectivity index (χ0) is 14.4. The minimum atomic E-state index is -0.405. The van der Waals surface area contributed by atoms with Gasteiger partial charge in [0, 0.05) is 26.2 Å². The van der Waals surface area contributed by atoms with Gasteiger partial charge in [-0.05, 0) is 24.6 Å². The van der Waals surface area contributed by atoms with Crippen LogP contribution in [0, 0.1) is 0 Å². The minimum Gasteiger partial charge on any atom is -0.397 e. The summed E-state index contributed by atoms with van der Waals surface area (Å²) in [6, 6.07) is 5.12. The number of nitrogens with one attached hydrogen (secondary N) is 1. The van der Waals surface area contributed by atoms with Gasteiger partial charge in [-0.25, -0.2) is 0 Å². The van der Waals surface area contributed by atoms with E-state index in [2.05, 4.69) is 5.32 Å². The van der Waals surface area contributed by atoms with Crippen LogP contribution in [0.3, 0.4) is 0 Å². The van der Waals surface area contributed by atoms with Gasteiger partial charge in [-0.15, -0.1) is 0 Å². The van der Waals surface area contributed by atoms with Gasteiger partial charge in [-0.2, -0.15) is 0 Å². The Morgan fingerprint density at radius 3 is 2.74 bits per heavy atom. The van der Waals surface area contributed by atoms with E-state index in [1.165, 1.54) is 4.90 Å². The summed E-state index contributed by atoms with van der Waals surface area (Å²) in [7, 11) is 3.41. The number of aliphatic hydroxyl groups excluding tert-OH is 1. The number of hydrogen-bond donors (Lipinski definition) is 3. The summed E-state index contributed by atoms with van der Waals surface area (Å²) < 4.78 is 0. The third kappa shape index (κ3) is 4.44. The number of amides is 1. The Balaban J connectivity index is 2.77. The molecule has 1 atom stereocenters. The van der Waals surface area contributed by atoms with Crippen LogP contribution >= 0.6 is 0 Å². The van der Waals surface area contributed by atoms with Gasteiger partial charge < -0.3 is 21.1 Å². The molecule has 4 N–H and O–H groups in total. The van der Waals surface area contributed by atoms with Crippen molar-refractivity contribution in [3.05, 3.63) is 23.8 Å². The van der Waals surface area contributed by atoms with Gasteiger partial charge in [-0.3, -0.25) is 4.79 Å². The minimum absolute atomic E-state index is 0.0721. The number of rotatable bonds is 6. The molecule has 0 aliphatic rings. The van der Waals surface area contributed by atoms with E-state index in [-0.39, 0.29) is 5.91 Å². The van der Waals surface area contributed by atoms with Crippen molar-refractivity contribution in [3.8, 4) is 0 Å². The third-order valence-corrected chi connectivity index (χ3v) is 2.86. The van der Waals surface area contributed by atoms with E-state index in [1.54, 1.807) is 32.3 Å². The number of carbonyl (C=O) groups excluding carboxylic acids is 1. The van der Waals surface area contributed by atoms with E-state index in [0.717, 1.165) is 12.8 Å². The highest BCUT2D eigenvalue weighted by Gasteiger charge is 2.11. The molecular weight excluding hydrogens is 242 g/mol. The smallest absolute Gasteiger partial charge is 0.253 e. The quantitative estimate of drug-likeness (QED) is 0.682. The van der Waals surface area contributed by atoms with Crippen molar-refractivity contribution in [1.29, 1.82) is 0 Å². The maximum absolute atomic E-state index is 11.9. The molecular formula is C14H23N3O2. The normalized spacial score (nSPS) is 12.0. The van der Waals surface area contributed by atoms with Crippen LogP contribution in [0.25, 0.3) is 0 Å². The molecule has 1 aromatic rings. The predicted octanol–water partition coefficient (Wildman–Crippen LogP) is 1.54. The maximum atomic E-state index is 11.9. The van der Waals surface area contributed by atoms with Crippen molar-refractivity contribution < 1.29 is 9.90 Å². The van der Waals surface area contributed by atoms with Crippen LogP contribution in [0.2, 0.25) is 0 Å². The Bertz CT molecular complexity index is 433. The highest BCUT2D eigenvalue weighted by molar-refractivity contribution is 5.95. The molecule has 1 rings (SSSR count). The largest absolute Gasteiger partial charge is 0.397 e. The Hall–Kier alpha value is -1.75. The fourth-order valence-corrected chi connectivity index (χ4v) is 1.76. The van der Waals surface area contributed by atoms with Crippen LogP contribution in [-0.2, 0) is 0 Å². The number of nitrogens with zero attached hydrogens (tertiary/aromatic N) is 1. The molecule has 0 saturated carbocycles. The van der Waals surface area contributed by atoms with Crippen LogP contribution in [-0.4, -0.2) is 42.7 Å². The Morgan fingerprint density at radius 1 is 1.47 bits per heavy atom. The van der Waals surface area contributed by atoms with E-state index < -0.39 is 6.10 Å². The van der Waals surface area contributed by atoms with Crippen molar-refractivity contribution in [3.63, 3.8) is 0 Å². The summed E-state index contributed by atoms with van der Waals surface area (Å²) in [5, 5.41) is 12.8. The molecule has 0 aromatic heterocycles. The predicted molar refractivity (Wildman–Crippen MR) is 78.3 cm³/mol. The first kappa shape index (κ1) is 15.3. The van der Waals surface area contributed by atoms with Gasteiger partial charge >= 0.3 is 0 Å². The maximum Gasteiger partial charge on any atom is 0.253 e. The topological polar surface area (TPSA) is 78.6 Å². The molecule has 1 amide bonds. The van der Waals surface area contributed by atoms with E-state index >= 15 is 0 Å². The summed E-state index contributed by atoms with van der Waals surface area (Å²) in [6.07, 6.45) is 1.26. The molecule has 0 heterocycles. The molecule has 0 saturated heterocycles. The Labute approximate surface area is 114 Å². The van der Waals surface area contributed by atoms with Crippen LogP contribution in [0.4, 0.5) is 11.4 Å². The number of anilines is 2. The first-order valence-electron chi connectivity index (χ1n) is 6.48. The molecule has 1 aromatic carbocycles. The standard InChI is InChI=1S/C14H23N3O2/c1-4-5-11(18)9-16-13-8-10(6-7-12(13)15)14(19)17(2)3/h6-8,11,16,18H,4-5,9,15H2,1-3H3.